The Kier molecular flexibility index (Phi) is 5.21. The van der Waals surface area contributed by atoms with Gasteiger partial charge in [-0.25, -0.2) is 0 Å². The van der Waals surface area contributed by atoms with Gasteiger partial charge in [0.1, 0.15) is 12.7 Å². The molecule has 0 N–H and O–H groups in total. The zero-order chi connectivity index (χ0) is 12.1. The van der Waals surface area contributed by atoms with Gasteiger partial charge in [0, 0.05) is 0 Å². The van der Waals surface area contributed by atoms with Crippen LogP contribution in [0.3, 0.4) is 0 Å². The molecule has 0 atom stereocenters. The zero-order valence-corrected chi connectivity index (χ0v) is 12.1. The summed E-state index contributed by atoms with van der Waals surface area (Å²) >= 11 is 0. The number of hydrogen-bond donors (Lipinski definition) is 0. The highest BCUT2D eigenvalue weighted by molar-refractivity contribution is 6.84. The van der Waals surface area contributed by atoms with Crippen LogP contribution >= 0.6 is 0 Å². The lowest BCUT2D eigenvalue weighted by Crippen LogP contribution is -2.46. The number of esters is 1. The van der Waals surface area contributed by atoms with Crippen LogP contribution in [0.1, 0.15) is 6.42 Å². The van der Waals surface area contributed by atoms with Crippen molar-refractivity contribution in [3.05, 3.63) is 0 Å². The maximum absolute atomic E-state index is 11.0. The first kappa shape index (κ1) is 14.4. The first-order chi connectivity index (χ1) is 6.66. The Labute approximate surface area is 93.4 Å². The second-order valence-corrected chi connectivity index (χ2v) is 13.8. The van der Waals surface area contributed by atoms with E-state index in [1.165, 1.54) is 0 Å². The van der Waals surface area contributed by atoms with Crippen molar-refractivity contribution in [2.45, 2.75) is 39.2 Å². The molecule has 0 aliphatic heterocycles. The lowest BCUT2D eigenvalue weighted by molar-refractivity contribution is -0.140. The Balaban J connectivity index is 4.05. The third-order valence-corrected chi connectivity index (χ3v) is 6.89. The average Bonchev–Trinajstić information content (AvgIpc) is 1.97. The van der Waals surface area contributed by atoms with Gasteiger partial charge in [-0.05, 0) is 32.7 Å². The molecular formula is C9H19NO3Si2. The van der Waals surface area contributed by atoms with Crippen molar-refractivity contribution >= 4 is 22.6 Å². The van der Waals surface area contributed by atoms with Crippen molar-refractivity contribution in [3.63, 3.8) is 0 Å². The van der Waals surface area contributed by atoms with Gasteiger partial charge in [-0.1, -0.05) is 0 Å². The van der Waals surface area contributed by atoms with Gasteiger partial charge in [0.15, 0.2) is 8.32 Å². The standard InChI is InChI=1S/C9H19NO3Si2/c1-14(2,3)13-15(4,5)8-12-9(11)6-7-10/h6,8H2,1-5H3. The van der Waals surface area contributed by atoms with Crippen molar-refractivity contribution in [1.29, 1.82) is 5.26 Å². The molecule has 0 rings (SSSR count). The number of carbonyl (C=O) groups excluding carboxylic acids is 1. The molecule has 0 saturated carbocycles. The summed E-state index contributed by atoms with van der Waals surface area (Å²) in [7, 11) is -3.50. The van der Waals surface area contributed by atoms with E-state index in [0.29, 0.717) is 6.23 Å². The molecule has 0 unspecified atom stereocenters. The Morgan fingerprint density at radius 3 is 2.20 bits per heavy atom. The number of carbonyl (C=O) groups is 1. The number of nitriles is 1. The Bertz CT molecular complexity index is 266. The van der Waals surface area contributed by atoms with E-state index in [9.17, 15) is 4.79 Å². The average molecular weight is 245 g/mol. The minimum atomic E-state index is -1.92. The minimum absolute atomic E-state index is 0.183. The molecule has 0 saturated heterocycles. The molecule has 0 fully saturated rings. The SMILES string of the molecule is C[Si](C)(C)O[Si](C)(C)COC(=O)CC#N. The van der Waals surface area contributed by atoms with E-state index < -0.39 is 22.6 Å². The van der Waals surface area contributed by atoms with Gasteiger partial charge in [0.25, 0.3) is 0 Å². The molecule has 0 aliphatic rings. The van der Waals surface area contributed by atoms with Crippen molar-refractivity contribution in [3.8, 4) is 6.07 Å². The van der Waals surface area contributed by atoms with Crippen LogP contribution in [0.25, 0.3) is 0 Å². The summed E-state index contributed by atoms with van der Waals surface area (Å²) in [5.41, 5.74) is 0. The lowest BCUT2D eigenvalue weighted by atomic mass is 10.5. The van der Waals surface area contributed by atoms with Gasteiger partial charge in [0.05, 0.1) is 6.07 Å². The van der Waals surface area contributed by atoms with E-state index in [1.807, 2.05) is 13.1 Å². The molecule has 4 nitrogen and oxygen atoms in total. The van der Waals surface area contributed by atoms with Gasteiger partial charge in [-0.15, -0.1) is 0 Å². The molecule has 86 valence electrons. The van der Waals surface area contributed by atoms with E-state index in [0.717, 1.165) is 0 Å². The molecule has 15 heavy (non-hydrogen) atoms. The predicted octanol–water partition coefficient (Wildman–Crippen LogP) is 2.04. The molecule has 6 heteroatoms. The van der Waals surface area contributed by atoms with E-state index >= 15 is 0 Å². The molecule has 0 aromatic carbocycles. The van der Waals surface area contributed by atoms with Crippen LogP contribution in [-0.2, 0) is 13.6 Å². The molecule has 0 heterocycles. The molecule has 0 spiro atoms. The summed E-state index contributed by atoms with van der Waals surface area (Å²) in [5.74, 6) is -0.461. The van der Waals surface area contributed by atoms with Gasteiger partial charge >= 0.3 is 5.97 Å². The first-order valence-corrected chi connectivity index (χ1v) is 11.4. The number of rotatable bonds is 5. The quantitative estimate of drug-likeness (QED) is 0.549. The largest absolute Gasteiger partial charge is 0.466 e. The molecule has 0 radical (unpaired) electrons. The van der Waals surface area contributed by atoms with Crippen LogP contribution in [0, 0.1) is 11.3 Å². The molecular weight excluding hydrogens is 226 g/mol. The fourth-order valence-corrected chi connectivity index (χ4v) is 8.60. The van der Waals surface area contributed by atoms with Crippen molar-refractivity contribution in [2.75, 3.05) is 6.23 Å². The normalized spacial score (nSPS) is 12.0. The predicted molar refractivity (Wildman–Crippen MR) is 63.1 cm³/mol. The summed E-state index contributed by atoms with van der Waals surface area (Å²) in [6.45, 7) is 10.4. The lowest BCUT2D eigenvalue weighted by Gasteiger charge is -2.30. The highest BCUT2D eigenvalue weighted by Gasteiger charge is 2.31. The van der Waals surface area contributed by atoms with Crippen molar-refractivity contribution < 1.29 is 13.6 Å². The Hall–Kier alpha value is -0.646. The van der Waals surface area contributed by atoms with Crippen LogP contribution in [0.15, 0.2) is 0 Å². The Morgan fingerprint density at radius 1 is 1.27 bits per heavy atom. The summed E-state index contributed by atoms with van der Waals surface area (Å²) in [4.78, 5) is 11.0. The van der Waals surface area contributed by atoms with Gasteiger partial charge in [0.2, 0.25) is 8.32 Å². The van der Waals surface area contributed by atoms with Crippen LogP contribution in [0.2, 0.25) is 32.7 Å². The van der Waals surface area contributed by atoms with Crippen LogP contribution in [-0.4, -0.2) is 28.8 Å². The van der Waals surface area contributed by atoms with E-state index in [1.54, 1.807) is 6.07 Å². The summed E-state index contributed by atoms with van der Waals surface area (Å²) in [6, 6.07) is 1.76. The molecule has 0 aromatic heterocycles. The molecule has 0 aromatic rings. The first-order valence-electron chi connectivity index (χ1n) is 4.89. The maximum atomic E-state index is 11.0. The van der Waals surface area contributed by atoms with Gasteiger partial charge in [-0.3, -0.25) is 4.79 Å². The van der Waals surface area contributed by atoms with Gasteiger partial charge < -0.3 is 8.85 Å². The van der Waals surface area contributed by atoms with Crippen LogP contribution < -0.4 is 0 Å². The monoisotopic (exact) mass is 245 g/mol. The highest BCUT2D eigenvalue weighted by Crippen LogP contribution is 2.14. The number of ether oxygens (including phenoxy) is 1. The van der Waals surface area contributed by atoms with Crippen LogP contribution in [0.5, 0.6) is 0 Å². The van der Waals surface area contributed by atoms with Crippen LogP contribution in [0.4, 0.5) is 0 Å². The number of hydrogen-bond acceptors (Lipinski definition) is 4. The minimum Gasteiger partial charge on any atom is -0.466 e. The maximum Gasteiger partial charge on any atom is 0.319 e. The molecule has 0 aliphatic carbocycles. The van der Waals surface area contributed by atoms with E-state index in [-0.39, 0.29) is 6.42 Å². The summed E-state index contributed by atoms with van der Waals surface area (Å²) < 4.78 is 11.0. The number of nitrogens with zero attached hydrogens (tertiary/aromatic N) is 1. The third kappa shape index (κ3) is 8.36. The second kappa shape index (κ2) is 5.44. The van der Waals surface area contributed by atoms with Gasteiger partial charge in [-0.2, -0.15) is 5.26 Å². The van der Waals surface area contributed by atoms with E-state index in [4.69, 9.17) is 14.1 Å². The zero-order valence-electron chi connectivity index (χ0n) is 10.1. The highest BCUT2D eigenvalue weighted by atomic mass is 28.4. The van der Waals surface area contributed by atoms with Crippen molar-refractivity contribution in [2.24, 2.45) is 0 Å². The van der Waals surface area contributed by atoms with E-state index in [2.05, 4.69) is 19.6 Å². The summed E-state index contributed by atoms with van der Waals surface area (Å²) in [6.07, 6.45) is 0.148. The summed E-state index contributed by atoms with van der Waals surface area (Å²) in [5, 5.41) is 8.29. The topological polar surface area (TPSA) is 59.3 Å². The fourth-order valence-electron chi connectivity index (χ4n) is 1.23. The van der Waals surface area contributed by atoms with Crippen molar-refractivity contribution in [1.82, 2.24) is 0 Å². The molecule has 0 bridgehead atoms. The Morgan fingerprint density at radius 2 is 1.80 bits per heavy atom. The fraction of sp³-hybridized carbons (Fsp3) is 0.778. The second-order valence-electron chi connectivity index (χ2n) is 4.97. The smallest absolute Gasteiger partial charge is 0.319 e. The third-order valence-electron chi connectivity index (χ3n) is 1.39. The molecule has 0 amide bonds.